The number of benzene rings is 2. The monoisotopic (exact) mass is 354 g/mol. The van der Waals surface area contributed by atoms with Crippen LogP contribution in [0.1, 0.15) is 11.3 Å². The van der Waals surface area contributed by atoms with Gasteiger partial charge in [0.15, 0.2) is 5.76 Å². The van der Waals surface area contributed by atoms with Crippen molar-refractivity contribution >= 4 is 23.2 Å². The van der Waals surface area contributed by atoms with Gasteiger partial charge in [0.1, 0.15) is 0 Å². The van der Waals surface area contributed by atoms with Crippen molar-refractivity contribution in [1.82, 2.24) is 10.6 Å². The van der Waals surface area contributed by atoms with Crippen molar-refractivity contribution in [3.8, 4) is 11.1 Å². The summed E-state index contributed by atoms with van der Waals surface area (Å²) >= 11 is 0. The summed E-state index contributed by atoms with van der Waals surface area (Å²) in [5.41, 5.74) is 4.58. The molecule has 1 aromatic heterocycles. The van der Waals surface area contributed by atoms with Gasteiger partial charge in [-0.15, -0.1) is 0 Å². The molecule has 0 bridgehead atoms. The van der Waals surface area contributed by atoms with Gasteiger partial charge in [0, 0.05) is 0 Å². The number of hydrogen-bond acceptors (Lipinski definition) is 3. The van der Waals surface area contributed by atoms with Gasteiger partial charge in [-0.1, -0.05) is 54.6 Å². The summed E-state index contributed by atoms with van der Waals surface area (Å²) in [6, 6.07) is 21.2. The Morgan fingerprint density at radius 3 is 1.85 bits per heavy atom. The van der Waals surface area contributed by atoms with Crippen LogP contribution in [-0.2, 0) is 9.59 Å². The van der Waals surface area contributed by atoms with Gasteiger partial charge in [-0.05, 0) is 28.8 Å². The molecule has 0 aliphatic carbocycles. The maximum Gasteiger partial charge on any atom is 0.258 e. The minimum absolute atomic E-state index is 0.308. The van der Waals surface area contributed by atoms with E-state index in [9.17, 15) is 9.59 Å². The first kappa shape index (κ1) is 15.4. The summed E-state index contributed by atoms with van der Waals surface area (Å²) in [7, 11) is 0. The largest absolute Gasteiger partial charge is 0.463 e. The lowest BCUT2D eigenvalue weighted by atomic mass is 10.0. The first-order chi connectivity index (χ1) is 13.2. The van der Waals surface area contributed by atoms with Crippen LogP contribution in [-0.4, -0.2) is 11.8 Å². The lowest BCUT2D eigenvalue weighted by molar-refractivity contribution is -0.117. The molecule has 0 fully saturated rings. The van der Waals surface area contributed by atoms with Crippen LogP contribution in [0.3, 0.4) is 0 Å². The summed E-state index contributed by atoms with van der Waals surface area (Å²) in [5, 5.41) is 5.59. The van der Waals surface area contributed by atoms with Crippen molar-refractivity contribution in [1.29, 1.82) is 0 Å². The topological polar surface area (TPSA) is 71.3 Å². The second kappa shape index (κ2) is 5.85. The highest BCUT2D eigenvalue weighted by molar-refractivity contribution is 6.30. The Kier molecular flexibility index (Phi) is 3.33. The Morgan fingerprint density at radius 2 is 1.19 bits per heavy atom. The second-order valence-electron chi connectivity index (χ2n) is 6.33. The number of furan rings is 1. The highest BCUT2D eigenvalue weighted by Gasteiger charge is 2.41. The smallest absolute Gasteiger partial charge is 0.258 e. The van der Waals surface area contributed by atoms with Crippen molar-refractivity contribution in [2.45, 2.75) is 0 Å². The Balaban J connectivity index is 1.59. The number of carbonyl (C=O) groups excluding carboxylic acids is 2. The third-order valence-electron chi connectivity index (χ3n) is 4.73. The molecule has 2 aromatic carbocycles. The minimum Gasteiger partial charge on any atom is -0.463 e. The van der Waals surface area contributed by atoms with Gasteiger partial charge in [-0.3, -0.25) is 9.59 Å². The van der Waals surface area contributed by atoms with E-state index in [0.29, 0.717) is 28.3 Å². The fourth-order valence-electron chi connectivity index (χ4n) is 3.46. The van der Waals surface area contributed by atoms with Gasteiger partial charge in [-0.25, -0.2) is 0 Å². The number of nitrogens with one attached hydrogen (secondary N) is 2. The van der Waals surface area contributed by atoms with E-state index in [0.717, 1.165) is 16.7 Å². The second-order valence-corrected chi connectivity index (χ2v) is 6.33. The lowest BCUT2D eigenvalue weighted by Gasteiger charge is -2.08. The lowest BCUT2D eigenvalue weighted by Crippen LogP contribution is -2.21. The quantitative estimate of drug-likeness (QED) is 0.758. The summed E-state index contributed by atoms with van der Waals surface area (Å²) in [6.45, 7) is 0. The molecule has 5 heteroatoms. The molecule has 5 rings (SSSR count). The van der Waals surface area contributed by atoms with E-state index in [1.807, 2.05) is 54.6 Å². The average molecular weight is 354 g/mol. The average Bonchev–Trinajstić information content (AvgIpc) is 3.42. The van der Waals surface area contributed by atoms with Gasteiger partial charge in [0.05, 0.1) is 28.8 Å². The summed E-state index contributed by atoms with van der Waals surface area (Å²) in [5.74, 6) is -0.155. The van der Waals surface area contributed by atoms with Crippen LogP contribution in [0.5, 0.6) is 0 Å². The van der Waals surface area contributed by atoms with Crippen LogP contribution in [0.15, 0.2) is 88.6 Å². The maximum absolute atomic E-state index is 12.5. The fourth-order valence-corrected chi connectivity index (χ4v) is 3.46. The van der Waals surface area contributed by atoms with Crippen molar-refractivity contribution in [3.05, 3.63) is 95.5 Å². The number of amides is 2. The highest BCUT2D eigenvalue weighted by Crippen LogP contribution is 2.37. The molecule has 2 N–H and O–H groups in total. The molecule has 0 unspecified atom stereocenters. The molecule has 3 aromatic rings. The molecular formula is C22H14N2O3. The first-order valence-corrected chi connectivity index (χ1v) is 8.54. The zero-order valence-corrected chi connectivity index (χ0v) is 14.2. The third kappa shape index (κ3) is 2.40. The van der Waals surface area contributed by atoms with E-state index < -0.39 is 0 Å². The Hall–Kier alpha value is -3.86. The van der Waals surface area contributed by atoms with E-state index in [1.54, 1.807) is 12.1 Å². The predicted molar refractivity (Wildman–Crippen MR) is 101 cm³/mol. The molecule has 5 nitrogen and oxygen atoms in total. The SMILES string of the molecule is O=C1NC(c2ccco2)=C2C(=O)NC(c3ccc(-c4ccccc4)cc3)=C12. The van der Waals surface area contributed by atoms with Crippen molar-refractivity contribution in [2.75, 3.05) is 0 Å². The van der Waals surface area contributed by atoms with Crippen LogP contribution in [0.25, 0.3) is 22.5 Å². The molecule has 130 valence electrons. The van der Waals surface area contributed by atoms with E-state index in [1.165, 1.54) is 6.26 Å². The molecule has 0 radical (unpaired) electrons. The van der Waals surface area contributed by atoms with Gasteiger partial charge >= 0.3 is 0 Å². The van der Waals surface area contributed by atoms with Crippen LogP contribution in [0.2, 0.25) is 0 Å². The van der Waals surface area contributed by atoms with Crippen molar-refractivity contribution in [3.63, 3.8) is 0 Å². The van der Waals surface area contributed by atoms with E-state index in [-0.39, 0.29) is 11.8 Å². The van der Waals surface area contributed by atoms with Crippen molar-refractivity contribution < 1.29 is 14.0 Å². The fraction of sp³-hybridized carbons (Fsp3) is 0. The number of carbonyl (C=O) groups is 2. The molecule has 3 heterocycles. The summed E-state index contributed by atoms with van der Waals surface area (Å²) < 4.78 is 5.35. The molecule has 2 aliphatic rings. The van der Waals surface area contributed by atoms with Crippen LogP contribution < -0.4 is 10.6 Å². The van der Waals surface area contributed by atoms with Crippen molar-refractivity contribution in [2.24, 2.45) is 0 Å². The maximum atomic E-state index is 12.5. The van der Waals surface area contributed by atoms with Gasteiger partial charge in [0.25, 0.3) is 11.8 Å². The van der Waals surface area contributed by atoms with Crippen LogP contribution in [0, 0.1) is 0 Å². The number of hydrogen-bond donors (Lipinski definition) is 2. The predicted octanol–water partition coefficient (Wildman–Crippen LogP) is 3.33. The first-order valence-electron chi connectivity index (χ1n) is 8.54. The standard InChI is InChI=1S/C22H14N2O3/c25-21-17-18(20(24-21)16-7-4-12-27-16)22(26)23-19(17)15-10-8-14(9-11-15)13-5-2-1-3-6-13/h1-12H,(H,23,26)(H,24,25). The van der Waals surface area contributed by atoms with E-state index in [2.05, 4.69) is 10.6 Å². The number of fused-ring (bicyclic) bond motifs is 1. The molecular weight excluding hydrogens is 340 g/mol. The summed E-state index contributed by atoms with van der Waals surface area (Å²) in [6.07, 6.45) is 1.51. The normalized spacial score (nSPS) is 15.9. The minimum atomic E-state index is -0.308. The Morgan fingerprint density at radius 1 is 0.593 bits per heavy atom. The van der Waals surface area contributed by atoms with Gasteiger partial charge in [0.2, 0.25) is 0 Å². The van der Waals surface area contributed by atoms with Crippen LogP contribution >= 0.6 is 0 Å². The summed E-state index contributed by atoms with van der Waals surface area (Å²) in [4.78, 5) is 25.1. The Labute approximate surface area is 155 Å². The third-order valence-corrected chi connectivity index (χ3v) is 4.73. The van der Waals surface area contributed by atoms with Crippen LogP contribution in [0.4, 0.5) is 0 Å². The Bertz CT molecular complexity index is 1120. The molecule has 0 spiro atoms. The highest BCUT2D eigenvalue weighted by atomic mass is 16.3. The molecule has 2 amide bonds. The van der Waals surface area contributed by atoms with E-state index in [4.69, 9.17) is 4.42 Å². The number of rotatable bonds is 3. The molecule has 0 saturated carbocycles. The molecule has 0 saturated heterocycles. The van der Waals surface area contributed by atoms with Gasteiger partial charge < -0.3 is 15.1 Å². The zero-order chi connectivity index (χ0) is 18.4. The van der Waals surface area contributed by atoms with E-state index >= 15 is 0 Å². The van der Waals surface area contributed by atoms with Gasteiger partial charge in [-0.2, -0.15) is 0 Å². The molecule has 2 aliphatic heterocycles. The molecule has 27 heavy (non-hydrogen) atoms. The zero-order valence-electron chi connectivity index (χ0n) is 14.2. The molecule has 0 atom stereocenters.